The van der Waals surface area contributed by atoms with E-state index in [-0.39, 0.29) is 0 Å². The van der Waals surface area contributed by atoms with E-state index in [0.29, 0.717) is 18.7 Å². The monoisotopic (exact) mass is 293 g/mol. The molecule has 0 spiro atoms. The second-order valence-corrected chi connectivity index (χ2v) is 5.34. The normalized spacial score (nSPS) is 16.1. The average Bonchev–Trinajstić information content (AvgIpc) is 2.50. The Bertz CT molecular complexity index is 515. The maximum Gasteiger partial charge on any atom is 0.320 e. The summed E-state index contributed by atoms with van der Waals surface area (Å²) in [4.78, 5) is 13.5. The van der Waals surface area contributed by atoms with Gasteiger partial charge in [0.2, 0.25) is 0 Å². The average molecular weight is 293 g/mol. The molecule has 21 heavy (non-hydrogen) atoms. The molecule has 0 saturated heterocycles. The Morgan fingerprint density at radius 3 is 2.43 bits per heavy atom. The predicted octanol–water partition coefficient (Wildman–Crippen LogP) is 2.32. The molecule has 1 N–H and O–H groups in total. The first-order valence-corrected chi connectivity index (χ1v) is 7.31. The number of carbonyl (C=O) groups is 1. The van der Waals surface area contributed by atoms with Gasteiger partial charge in [-0.15, -0.1) is 0 Å². The lowest BCUT2D eigenvalue weighted by Gasteiger charge is -2.33. The smallest absolute Gasteiger partial charge is 0.320 e. The number of benzene rings is 1. The van der Waals surface area contributed by atoms with Gasteiger partial charge < -0.3 is 14.6 Å². The molecule has 1 aliphatic heterocycles. The summed E-state index contributed by atoms with van der Waals surface area (Å²) >= 11 is 0. The second kappa shape index (κ2) is 6.80. The fourth-order valence-corrected chi connectivity index (χ4v) is 2.91. The third-order valence-corrected chi connectivity index (χ3v) is 4.04. The fraction of sp³-hybridized carbons (Fsp3) is 0.562. The molecule has 0 radical (unpaired) electrons. The number of aliphatic carboxylic acids is 1. The van der Waals surface area contributed by atoms with E-state index in [1.807, 2.05) is 24.0 Å². The van der Waals surface area contributed by atoms with E-state index in [4.69, 9.17) is 9.47 Å². The first kappa shape index (κ1) is 15.6. The van der Waals surface area contributed by atoms with Crippen LogP contribution in [-0.4, -0.2) is 42.8 Å². The molecule has 0 aromatic heterocycles. The quantitative estimate of drug-likeness (QED) is 0.872. The Balaban J connectivity index is 2.25. The van der Waals surface area contributed by atoms with Gasteiger partial charge in [-0.3, -0.25) is 9.69 Å². The highest BCUT2D eigenvalue weighted by atomic mass is 16.5. The van der Waals surface area contributed by atoms with Crippen molar-refractivity contribution in [2.75, 3.05) is 20.8 Å². The van der Waals surface area contributed by atoms with Gasteiger partial charge in [-0.25, -0.2) is 0 Å². The van der Waals surface area contributed by atoms with Crippen molar-refractivity contribution in [3.8, 4) is 11.5 Å². The van der Waals surface area contributed by atoms with Gasteiger partial charge in [0.05, 0.1) is 14.2 Å². The number of nitrogens with zero attached hydrogens (tertiary/aromatic N) is 1. The minimum atomic E-state index is -0.735. The number of carboxylic acid groups (broad SMARTS) is 1. The molecule has 1 aliphatic rings. The zero-order valence-corrected chi connectivity index (χ0v) is 12.9. The minimum absolute atomic E-state index is 0.406. The van der Waals surface area contributed by atoms with Crippen molar-refractivity contribution in [1.29, 1.82) is 0 Å². The lowest BCUT2D eigenvalue weighted by molar-refractivity contribution is -0.144. The summed E-state index contributed by atoms with van der Waals surface area (Å²) < 4.78 is 10.7. The molecule has 5 nitrogen and oxygen atoms in total. The number of ether oxygens (including phenoxy) is 2. The van der Waals surface area contributed by atoms with Crippen LogP contribution in [-0.2, 0) is 17.8 Å². The molecular weight excluding hydrogens is 270 g/mol. The van der Waals surface area contributed by atoms with Gasteiger partial charge in [-0.2, -0.15) is 0 Å². The van der Waals surface area contributed by atoms with Crippen LogP contribution in [0.25, 0.3) is 0 Å². The summed E-state index contributed by atoms with van der Waals surface area (Å²) in [5.74, 6) is 0.689. The number of rotatable bonds is 6. The number of methoxy groups -OCH3 is 2. The van der Waals surface area contributed by atoms with Crippen LogP contribution in [0.5, 0.6) is 11.5 Å². The Morgan fingerprint density at radius 1 is 1.29 bits per heavy atom. The highest BCUT2D eigenvalue weighted by Gasteiger charge is 2.28. The molecule has 0 amide bonds. The molecule has 0 bridgehead atoms. The molecule has 1 aromatic carbocycles. The highest BCUT2D eigenvalue weighted by molar-refractivity contribution is 5.73. The van der Waals surface area contributed by atoms with Crippen molar-refractivity contribution < 1.29 is 19.4 Å². The zero-order valence-electron chi connectivity index (χ0n) is 12.9. The lowest BCUT2D eigenvalue weighted by Crippen LogP contribution is -2.43. The Hall–Kier alpha value is -1.75. The predicted molar refractivity (Wildman–Crippen MR) is 80.0 cm³/mol. The van der Waals surface area contributed by atoms with E-state index in [9.17, 15) is 9.90 Å². The summed E-state index contributed by atoms with van der Waals surface area (Å²) in [5, 5.41) is 9.40. The third-order valence-electron chi connectivity index (χ3n) is 4.04. The standard InChI is InChI=1S/C16H23NO4/c1-4-5-13(16(18)19)17-7-6-11-8-14(20-2)15(21-3)9-12(11)10-17/h8-9,13H,4-7,10H2,1-3H3,(H,18,19). The van der Waals surface area contributed by atoms with Crippen molar-refractivity contribution in [3.63, 3.8) is 0 Å². The maximum atomic E-state index is 11.4. The van der Waals surface area contributed by atoms with Crippen LogP contribution in [0, 0.1) is 0 Å². The molecule has 116 valence electrons. The summed E-state index contributed by atoms with van der Waals surface area (Å²) in [6.45, 7) is 3.42. The van der Waals surface area contributed by atoms with Crippen molar-refractivity contribution in [2.24, 2.45) is 0 Å². The van der Waals surface area contributed by atoms with Crippen LogP contribution in [0.3, 0.4) is 0 Å². The van der Waals surface area contributed by atoms with E-state index >= 15 is 0 Å². The van der Waals surface area contributed by atoms with E-state index in [1.165, 1.54) is 5.56 Å². The Labute approximate surface area is 125 Å². The van der Waals surface area contributed by atoms with Crippen LogP contribution in [0.4, 0.5) is 0 Å². The summed E-state index contributed by atoms with van der Waals surface area (Å²) in [5.41, 5.74) is 2.34. The van der Waals surface area contributed by atoms with Gasteiger partial charge in [-0.05, 0) is 36.1 Å². The van der Waals surface area contributed by atoms with Gasteiger partial charge in [-0.1, -0.05) is 13.3 Å². The minimum Gasteiger partial charge on any atom is -0.493 e. The first-order chi connectivity index (χ1) is 10.1. The van der Waals surface area contributed by atoms with Crippen LogP contribution < -0.4 is 9.47 Å². The largest absolute Gasteiger partial charge is 0.493 e. The molecule has 5 heteroatoms. The number of hydrogen-bond donors (Lipinski definition) is 1. The van der Waals surface area contributed by atoms with Gasteiger partial charge in [0.25, 0.3) is 0 Å². The van der Waals surface area contributed by atoms with Gasteiger partial charge >= 0.3 is 5.97 Å². The summed E-state index contributed by atoms with van der Waals surface area (Å²) in [6.07, 6.45) is 2.38. The summed E-state index contributed by atoms with van der Waals surface area (Å²) in [6, 6.07) is 3.56. The lowest BCUT2D eigenvalue weighted by atomic mass is 9.96. The van der Waals surface area contributed by atoms with Gasteiger partial charge in [0, 0.05) is 13.1 Å². The Morgan fingerprint density at radius 2 is 1.90 bits per heavy atom. The second-order valence-electron chi connectivity index (χ2n) is 5.34. The SMILES string of the molecule is CCCC(C(=O)O)N1CCc2cc(OC)c(OC)cc2C1. The van der Waals surface area contributed by atoms with E-state index in [2.05, 4.69) is 0 Å². The van der Waals surface area contributed by atoms with Crippen LogP contribution >= 0.6 is 0 Å². The maximum absolute atomic E-state index is 11.4. The van der Waals surface area contributed by atoms with Crippen molar-refractivity contribution in [3.05, 3.63) is 23.3 Å². The zero-order chi connectivity index (χ0) is 15.4. The molecule has 1 atom stereocenters. The fourth-order valence-electron chi connectivity index (χ4n) is 2.91. The molecule has 2 rings (SSSR count). The first-order valence-electron chi connectivity index (χ1n) is 7.31. The van der Waals surface area contributed by atoms with Gasteiger partial charge in [0.1, 0.15) is 6.04 Å². The molecule has 1 heterocycles. The van der Waals surface area contributed by atoms with Crippen molar-refractivity contribution >= 4 is 5.97 Å². The molecule has 1 aromatic rings. The number of carboxylic acids is 1. The molecule has 0 fully saturated rings. The van der Waals surface area contributed by atoms with Crippen LogP contribution in [0.2, 0.25) is 0 Å². The van der Waals surface area contributed by atoms with Crippen LogP contribution in [0.15, 0.2) is 12.1 Å². The molecule has 0 saturated carbocycles. The molecule has 1 unspecified atom stereocenters. The molecule has 0 aliphatic carbocycles. The van der Waals surface area contributed by atoms with Crippen molar-refractivity contribution in [1.82, 2.24) is 4.90 Å². The van der Waals surface area contributed by atoms with Crippen LogP contribution in [0.1, 0.15) is 30.9 Å². The number of fused-ring (bicyclic) bond motifs is 1. The number of hydrogen-bond acceptors (Lipinski definition) is 4. The Kier molecular flexibility index (Phi) is 5.07. The highest BCUT2D eigenvalue weighted by Crippen LogP contribution is 2.33. The van der Waals surface area contributed by atoms with Gasteiger partial charge in [0.15, 0.2) is 11.5 Å². The topological polar surface area (TPSA) is 59.0 Å². The molecular formula is C16H23NO4. The van der Waals surface area contributed by atoms with Crippen molar-refractivity contribution in [2.45, 2.75) is 38.8 Å². The van der Waals surface area contributed by atoms with E-state index in [0.717, 1.165) is 30.7 Å². The van der Waals surface area contributed by atoms with E-state index in [1.54, 1.807) is 14.2 Å². The third kappa shape index (κ3) is 3.29. The van der Waals surface area contributed by atoms with E-state index < -0.39 is 12.0 Å². The summed E-state index contributed by atoms with van der Waals surface area (Å²) in [7, 11) is 3.24.